The van der Waals surface area contributed by atoms with Gasteiger partial charge in [0, 0.05) is 12.2 Å². The Kier molecular flexibility index (Phi) is 6.41. The first-order chi connectivity index (χ1) is 11.8. The lowest BCUT2D eigenvalue weighted by molar-refractivity contribution is -0.150. The van der Waals surface area contributed by atoms with Crippen LogP contribution in [0.2, 0.25) is 0 Å². The van der Waals surface area contributed by atoms with Gasteiger partial charge < -0.3 is 10.1 Å². The lowest BCUT2D eigenvalue weighted by Gasteiger charge is -2.30. The van der Waals surface area contributed by atoms with Crippen LogP contribution in [-0.2, 0) is 20.5 Å². The minimum atomic E-state index is -4.40. The van der Waals surface area contributed by atoms with Crippen molar-refractivity contribution in [2.45, 2.75) is 25.9 Å². The van der Waals surface area contributed by atoms with E-state index in [2.05, 4.69) is 5.32 Å². The molecule has 5 nitrogen and oxygen atoms in total. The van der Waals surface area contributed by atoms with Gasteiger partial charge in [-0.2, -0.15) is 13.2 Å². The number of anilines is 1. The Balaban J connectivity index is 1.86. The van der Waals surface area contributed by atoms with Gasteiger partial charge in [-0.05, 0) is 50.6 Å². The lowest BCUT2D eigenvalue weighted by Crippen LogP contribution is -2.43. The quantitative estimate of drug-likeness (QED) is 0.823. The summed E-state index contributed by atoms with van der Waals surface area (Å²) in [5.74, 6) is -0.827. The van der Waals surface area contributed by atoms with Crippen LogP contribution < -0.4 is 5.32 Å². The molecule has 1 unspecified atom stereocenters. The van der Waals surface area contributed by atoms with E-state index in [-0.39, 0.29) is 24.3 Å². The molecule has 25 heavy (non-hydrogen) atoms. The van der Waals surface area contributed by atoms with Crippen molar-refractivity contribution in [1.29, 1.82) is 0 Å². The zero-order valence-electron chi connectivity index (χ0n) is 13.9. The van der Waals surface area contributed by atoms with Crippen LogP contribution in [0.15, 0.2) is 24.3 Å². The van der Waals surface area contributed by atoms with Gasteiger partial charge in [-0.15, -0.1) is 0 Å². The van der Waals surface area contributed by atoms with E-state index in [0.29, 0.717) is 25.4 Å². The third-order valence-corrected chi connectivity index (χ3v) is 3.99. The molecule has 1 aromatic rings. The summed E-state index contributed by atoms with van der Waals surface area (Å²) in [6.45, 7) is 3.28. The number of hydrogen-bond donors (Lipinski definition) is 1. The second-order valence-electron chi connectivity index (χ2n) is 5.95. The molecule has 138 valence electrons. The Morgan fingerprint density at radius 3 is 2.56 bits per heavy atom. The number of amides is 1. The van der Waals surface area contributed by atoms with Crippen LogP contribution in [0.25, 0.3) is 0 Å². The molecule has 0 saturated carbocycles. The Hall–Kier alpha value is -2.09. The van der Waals surface area contributed by atoms with E-state index in [4.69, 9.17) is 4.74 Å². The van der Waals surface area contributed by atoms with E-state index in [0.717, 1.165) is 25.0 Å². The first-order valence-electron chi connectivity index (χ1n) is 8.15. The van der Waals surface area contributed by atoms with Gasteiger partial charge in [0.15, 0.2) is 0 Å². The molecule has 1 fully saturated rings. The highest BCUT2D eigenvalue weighted by Gasteiger charge is 2.30. The molecular weight excluding hydrogens is 337 g/mol. The SMILES string of the molecule is CCOC(=O)C1CCCN(CC(=O)Nc2ccc(C(F)(F)F)cc2)C1. The van der Waals surface area contributed by atoms with Gasteiger partial charge in [0.05, 0.1) is 24.6 Å². The van der Waals surface area contributed by atoms with Gasteiger partial charge in [-0.3, -0.25) is 14.5 Å². The maximum atomic E-state index is 12.5. The summed E-state index contributed by atoms with van der Waals surface area (Å²) in [5.41, 5.74) is -0.462. The number of halogens is 3. The number of ether oxygens (including phenoxy) is 1. The third kappa shape index (κ3) is 5.74. The molecule has 1 saturated heterocycles. The summed E-state index contributed by atoms with van der Waals surface area (Å²) >= 11 is 0. The molecule has 0 bridgehead atoms. The number of alkyl halides is 3. The van der Waals surface area contributed by atoms with Crippen molar-refractivity contribution in [2.24, 2.45) is 5.92 Å². The highest BCUT2D eigenvalue weighted by Crippen LogP contribution is 2.29. The van der Waals surface area contributed by atoms with Crippen molar-refractivity contribution < 1.29 is 27.5 Å². The maximum Gasteiger partial charge on any atom is 0.416 e. The van der Waals surface area contributed by atoms with Crippen LogP contribution in [0.3, 0.4) is 0 Å². The highest BCUT2D eigenvalue weighted by atomic mass is 19.4. The summed E-state index contributed by atoms with van der Waals surface area (Å²) < 4.78 is 42.6. The predicted molar refractivity (Wildman–Crippen MR) is 85.9 cm³/mol. The van der Waals surface area contributed by atoms with Gasteiger partial charge in [0.25, 0.3) is 0 Å². The Labute approximate surface area is 144 Å². The van der Waals surface area contributed by atoms with E-state index in [9.17, 15) is 22.8 Å². The monoisotopic (exact) mass is 358 g/mol. The van der Waals surface area contributed by atoms with Crippen LogP contribution in [0.1, 0.15) is 25.3 Å². The smallest absolute Gasteiger partial charge is 0.416 e. The van der Waals surface area contributed by atoms with Crippen LogP contribution in [0.5, 0.6) is 0 Å². The fourth-order valence-electron chi connectivity index (χ4n) is 2.80. The molecule has 1 N–H and O–H groups in total. The largest absolute Gasteiger partial charge is 0.466 e. The first kappa shape index (κ1) is 19.2. The van der Waals surface area contributed by atoms with Crippen LogP contribution in [0, 0.1) is 5.92 Å². The van der Waals surface area contributed by atoms with E-state index in [1.165, 1.54) is 12.1 Å². The zero-order valence-corrected chi connectivity index (χ0v) is 13.9. The van der Waals surface area contributed by atoms with Crippen LogP contribution >= 0.6 is 0 Å². The number of nitrogens with zero attached hydrogens (tertiary/aromatic N) is 1. The fourth-order valence-corrected chi connectivity index (χ4v) is 2.80. The van der Waals surface area contributed by atoms with Crippen molar-refractivity contribution in [1.82, 2.24) is 4.90 Å². The van der Waals surface area contributed by atoms with Gasteiger partial charge >= 0.3 is 12.1 Å². The molecule has 0 radical (unpaired) electrons. The molecule has 1 atom stereocenters. The number of hydrogen-bond acceptors (Lipinski definition) is 4. The fraction of sp³-hybridized carbons (Fsp3) is 0.529. The molecule has 0 aromatic heterocycles. The zero-order chi connectivity index (χ0) is 18.4. The van der Waals surface area contributed by atoms with E-state index < -0.39 is 11.7 Å². The topological polar surface area (TPSA) is 58.6 Å². The van der Waals surface area contributed by atoms with Crippen molar-refractivity contribution in [3.63, 3.8) is 0 Å². The summed E-state index contributed by atoms with van der Waals surface area (Å²) in [6.07, 6.45) is -2.88. The number of esters is 1. The second-order valence-corrected chi connectivity index (χ2v) is 5.95. The molecular formula is C17H21F3N2O3. The Morgan fingerprint density at radius 1 is 1.28 bits per heavy atom. The standard InChI is InChI=1S/C17H21F3N2O3/c1-2-25-16(24)12-4-3-9-22(10-12)11-15(23)21-14-7-5-13(6-8-14)17(18,19)20/h5-8,12H,2-4,9-11H2,1H3,(H,21,23). The minimum absolute atomic E-state index is 0.0803. The number of carbonyl (C=O) groups is 2. The molecule has 0 aliphatic carbocycles. The molecule has 1 amide bonds. The van der Waals surface area contributed by atoms with Crippen LogP contribution in [0.4, 0.5) is 18.9 Å². The molecule has 1 aliphatic heterocycles. The van der Waals surface area contributed by atoms with Gasteiger partial charge in [-0.1, -0.05) is 0 Å². The summed E-state index contributed by atoms with van der Waals surface area (Å²) in [5, 5.41) is 2.57. The molecule has 0 spiro atoms. The highest BCUT2D eigenvalue weighted by molar-refractivity contribution is 5.92. The number of likely N-dealkylation sites (tertiary alicyclic amines) is 1. The van der Waals surface area contributed by atoms with Crippen molar-refractivity contribution in [3.8, 4) is 0 Å². The van der Waals surface area contributed by atoms with E-state index in [1.54, 1.807) is 6.92 Å². The van der Waals surface area contributed by atoms with E-state index in [1.807, 2.05) is 4.90 Å². The minimum Gasteiger partial charge on any atom is -0.466 e. The first-order valence-corrected chi connectivity index (χ1v) is 8.15. The number of nitrogens with one attached hydrogen (secondary N) is 1. The molecule has 1 heterocycles. The average molecular weight is 358 g/mol. The summed E-state index contributed by atoms with van der Waals surface area (Å²) in [7, 11) is 0. The van der Waals surface area contributed by atoms with Crippen molar-refractivity contribution >= 4 is 17.6 Å². The number of rotatable bonds is 5. The summed E-state index contributed by atoms with van der Waals surface area (Å²) in [4.78, 5) is 25.7. The molecule has 2 rings (SSSR count). The van der Waals surface area contributed by atoms with Crippen LogP contribution in [-0.4, -0.2) is 43.0 Å². The average Bonchev–Trinajstić information content (AvgIpc) is 2.55. The third-order valence-electron chi connectivity index (χ3n) is 3.99. The Morgan fingerprint density at radius 2 is 1.96 bits per heavy atom. The predicted octanol–water partition coefficient (Wildman–Crippen LogP) is 2.92. The molecule has 8 heteroatoms. The number of benzene rings is 1. The van der Waals surface area contributed by atoms with Gasteiger partial charge in [0.1, 0.15) is 0 Å². The molecule has 1 aliphatic rings. The molecule has 1 aromatic carbocycles. The number of piperidine rings is 1. The normalized spacial score (nSPS) is 18.6. The van der Waals surface area contributed by atoms with Crippen molar-refractivity contribution in [2.75, 3.05) is 31.6 Å². The lowest BCUT2D eigenvalue weighted by atomic mass is 9.98. The van der Waals surface area contributed by atoms with Crippen molar-refractivity contribution in [3.05, 3.63) is 29.8 Å². The second kappa shape index (κ2) is 8.33. The van der Waals surface area contributed by atoms with Gasteiger partial charge in [-0.25, -0.2) is 0 Å². The maximum absolute atomic E-state index is 12.5. The Bertz CT molecular complexity index is 602. The summed E-state index contributed by atoms with van der Waals surface area (Å²) in [6, 6.07) is 4.29. The number of carbonyl (C=O) groups excluding carboxylic acids is 2. The van der Waals surface area contributed by atoms with Gasteiger partial charge in [0.2, 0.25) is 5.91 Å². The van der Waals surface area contributed by atoms with E-state index >= 15 is 0 Å².